The molecule has 4 saturated carbocycles. The van der Waals surface area contributed by atoms with Crippen molar-refractivity contribution >= 4 is 5.97 Å². The van der Waals surface area contributed by atoms with Gasteiger partial charge in [0.25, 0.3) is 0 Å². The lowest BCUT2D eigenvalue weighted by Gasteiger charge is -2.57. The van der Waals surface area contributed by atoms with E-state index in [2.05, 4.69) is 12.2 Å². The van der Waals surface area contributed by atoms with Crippen LogP contribution < -0.4 is 5.32 Å². The largest absolute Gasteiger partial charge is 0.465 e. The van der Waals surface area contributed by atoms with Crippen molar-refractivity contribution in [3.63, 3.8) is 0 Å². The number of hydrogen-bond donors (Lipinski definition) is 1. The van der Waals surface area contributed by atoms with Gasteiger partial charge >= 0.3 is 5.97 Å². The predicted molar refractivity (Wildman–Crippen MR) is 74.8 cm³/mol. The monoisotopic (exact) mass is 265 g/mol. The van der Waals surface area contributed by atoms with Gasteiger partial charge in [-0.1, -0.05) is 13.3 Å². The normalized spacial score (nSPS) is 39.5. The van der Waals surface area contributed by atoms with Gasteiger partial charge in [-0.15, -0.1) is 0 Å². The van der Waals surface area contributed by atoms with Crippen LogP contribution in [0.1, 0.15) is 58.3 Å². The summed E-state index contributed by atoms with van der Waals surface area (Å²) < 4.78 is 5.24. The summed E-state index contributed by atoms with van der Waals surface area (Å²) >= 11 is 0. The smallest absolute Gasteiger partial charge is 0.319 e. The van der Waals surface area contributed by atoms with E-state index in [1.165, 1.54) is 38.5 Å². The highest BCUT2D eigenvalue weighted by atomic mass is 16.5. The van der Waals surface area contributed by atoms with Gasteiger partial charge < -0.3 is 10.1 Å². The molecule has 19 heavy (non-hydrogen) atoms. The zero-order valence-electron chi connectivity index (χ0n) is 12.1. The first kappa shape index (κ1) is 13.4. The minimum absolute atomic E-state index is 0.0656. The Morgan fingerprint density at radius 2 is 1.74 bits per heavy atom. The Morgan fingerprint density at radius 3 is 2.26 bits per heavy atom. The van der Waals surface area contributed by atoms with E-state index in [0.29, 0.717) is 13.2 Å². The number of nitrogens with one attached hydrogen (secondary N) is 1. The summed E-state index contributed by atoms with van der Waals surface area (Å²) in [4.78, 5) is 11.7. The molecular weight excluding hydrogens is 238 g/mol. The summed E-state index contributed by atoms with van der Waals surface area (Å²) in [6.45, 7) is 3.11. The van der Waals surface area contributed by atoms with Crippen LogP contribution in [0, 0.1) is 17.8 Å². The van der Waals surface area contributed by atoms with Crippen molar-refractivity contribution in [2.24, 2.45) is 17.8 Å². The van der Waals surface area contributed by atoms with Gasteiger partial charge in [-0.2, -0.15) is 0 Å². The van der Waals surface area contributed by atoms with Crippen LogP contribution in [-0.2, 0) is 9.53 Å². The molecule has 0 heterocycles. The Labute approximate surface area is 116 Å². The molecule has 3 heteroatoms. The fourth-order valence-electron chi connectivity index (χ4n) is 4.97. The van der Waals surface area contributed by atoms with Gasteiger partial charge in [0.15, 0.2) is 0 Å². The molecular formula is C16H27NO2. The van der Waals surface area contributed by atoms with Crippen LogP contribution in [0.15, 0.2) is 0 Å². The van der Waals surface area contributed by atoms with E-state index < -0.39 is 0 Å². The number of carbonyl (C=O) groups excluding carboxylic acids is 1. The zero-order valence-corrected chi connectivity index (χ0v) is 12.1. The van der Waals surface area contributed by atoms with Crippen LogP contribution in [0.3, 0.4) is 0 Å². The molecule has 0 atom stereocenters. The SMILES string of the molecule is CCCCOC(=O)CNC12CC3CC(CC(C3)C1)C2. The minimum Gasteiger partial charge on any atom is -0.465 e. The summed E-state index contributed by atoms with van der Waals surface area (Å²) in [5.74, 6) is 2.71. The van der Waals surface area contributed by atoms with Crippen molar-refractivity contribution in [1.29, 1.82) is 0 Å². The molecule has 4 fully saturated rings. The van der Waals surface area contributed by atoms with Gasteiger partial charge in [-0.05, 0) is 62.7 Å². The summed E-state index contributed by atoms with van der Waals surface area (Å²) in [6, 6.07) is 0. The second-order valence-electron chi connectivity index (χ2n) is 7.13. The van der Waals surface area contributed by atoms with Gasteiger partial charge in [0.1, 0.15) is 0 Å². The van der Waals surface area contributed by atoms with Crippen molar-refractivity contribution < 1.29 is 9.53 Å². The third-order valence-corrected chi connectivity index (χ3v) is 5.41. The molecule has 0 spiro atoms. The third kappa shape index (κ3) is 2.96. The fourth-order valence-corrected chi connectivity index (χ4v) is 4.97. The first-order chi connectivity index (χ1) is 9.19. The maximum atomic E-state index is 11.7. The van der Waals surface area contributed by atoms with Gasteiger partial charge in [-0.25, -0.2) is 0 Å². The molecule has 4 rings (SSSR count). The quantitative estimate of drug-likeness (QED) is 0.593. The molecule has 4 aliphatic rings. The van der Waals surface area contributed by atoms with Crippen LogP contribution in [0.5, 0.6) is 0 Å². The number of ether oxygens (including phenoxy) is 1. The number of hydrogen-bond acceptors (Lipinski definition) is 3. The molecule has 0 amide bonds. The topological polar surface area (TPSA) is 38.3 Å². The molecule has 0 saturated heterocycles. The molecule has 1 N–H and O–H groups in total. The van der Waals surface area contributed by atoms with Gasteiger partial charge in [0.2, 0.25) is 0 Å². The van der Waals surface area contributed by atoms with Gasteiger partial charge in [0.05, 0.1) is 13.2 Å². The van der Waals surface area contributed by atoms with E-state index in [1.807, 2.05) is 0 Å². The molecule has 0 aromatic rings. The Hall–Kier alpha value is -0.570. The average Bonchev–Trinajstić information content (AvgIpc) is 2.35. The van der Waals surface area contributed by atoms with Crippen molar-refractivity contribution in [2.45, 2.75) is 63.8 Å². The van der Waals surface area contributed by atoms with Crippen LogP contribution >= 0.6 is 0 Å². The summed E-state index contributed by atoms with van der Waals surface area (Å²) in [6.07, 6.45) is 10.3. The average molecular weight is 265 g/mol. The highest BCUT2D eigenvalue weighted by molar-refractivity contribution is 5.71. The fraction of sp³-hybridized carbons (Fsp3) is 0.938. The van der Waals surface area contributed by atoms with E-state index in [4.69, 9.17) is 4.74 Å². The first-order valence-electron chi connectivity index (χ1n) is 8.10. The van der Waals surface area contributed by atoms with E-state index in [1.54, 1.807) is 0 Å². The molecule has 0 unspecified atom stereocenters. The van der Waals surface area contributed by atoms with Crippen LogP contribution in [0.2, 0.25) is 0 Å². The predicted octanol–water partition coefficient (Wildman–Crippen LogP) is 2.89. The lowest BCUT2D eigenvalue weighted by Crippen LogP contribution is -2.59. The Balaban J connectivity index is 1.48. The molecule has 4 aliphatic carbocycles. The van der Waals surface area contributed by atoms with Crippen molar-refractivity contribution in [3.05, 3.63) is 0 Å². The molecule has 0 aromatic carbocycles. The number of rotatable bonds is 6. The van der Waals surface area contributed by atoms with E-state index in [9.17, 15) is 4.79 Å². The maximum absolute atomic E-state index is 11.7. The molecule has 0 aromatic heterocycles. The first-order valence-corrected chi connectivity index (χ1v) is 8.10. The van der Waals surface area contributed by atoms with Crippen LogP contribution in [0.25, 0.3) is 0 Å². The Kier molecular flexibility index (Phi) is 3.84. The molecule has 4 bridgehead atoms. The zero-order chi connectivity index (χ0) is 13.3. The number of carbonyl (C=O) groups is 1. The van der Waals surface area contributed by atoms with E-state index >= 15 is 0 Å². The standard InChI is InChI=1S/C16H27NO2/c1-2-3-4-19-15(18)11-17-16-8-12-5-13(9-16)7-14(6-12)10-16/h12-14,17H,2-11H2,1H3. The Bertz CT molecular complexity index is 304. The van der Waals surface area contributed by atoms with E-state index in [0.717, 1.165) is 30.6 Å². The summed E-state index contributed by atoms with van der Waals surface area (Å²) in [5, 5.41) is 3.58. The maximum Gasteiger partial charge on any atom is 0.319 e. The van der Waals surface area contributed by atoms with E-state index in [-0.39, 0.29) is 11.5 Å². The number of unbranched alkanes of at least 4 members (excludes halogenated alkanes) is 1. The highest BCUT2D eigenvalue weighted by Crippen LogP contribution is 2.55. The number of esters is 1. The lowest BCUT2D eigenvalue weighted by atomic mass is 9.53. The third-order valence-electron chi connectivity index (χ3n) is 5.41. The molecule has 0 radical (unpaired) electrons. The van der Waals surface area contributed by atoms with Crippen LogP contribution in [-0.4, -0.2) is 24.7 Å². The van der Waals surface area contributed by atoms with Crippen molar-refractivity contribution in [1.82, 2.24) is 5.32 Å². The lowest BCUT2D eigenvalue weighted by molar-refractivity contribution is -0.143. The minimum atomic E-state index is -0.0656. The molecule has 0 aliphatic heterocycles. The summed E-state index contributed by atoms with van der Waals surface area (Å²) in [7, 11) is 0. The highest BCUT2D eigenvalue weighted by Gasteiger charge is 2.50. The Morgan fingerprint density at radius 1 is 1.16 bits per heavy atom. The second-order valence-corrected chi connectivity index (χ2v) is 7.13. The van der Waals surface area contributed by atoms with Crippen molar-refractivity contribution in [3.8, 4) is 0 Å². The molecule has 3 nitrogen and oxygen atoms in total. The molecule has 108 valence electrons. The second kappa shape index (κ2) is 5.43. The van der Waals surface area contributed by atoms with Gasteiger partial charge in [0, 0.05) is 5.54 Å². The van der Waals surface area contributed by atoms with Gasteiger partial charge in [-0.3, -0.25) is 4.79 Å². The van der Waals surface area contributed by atoms with Crippen molar-refractivity contribution in [2.75, 3.05) is 13.2 Å². The summed E-state index contributed by atoms with van der Waals surface area (Å²) in [5.41, 5.74) is 0.276. The van der Waals surface area contributed by atoms with Crippen LogP contribution in [0.4, 0.5) is 0 Å².